The van der Waals surface area contributed by atoms with E-state index in [2.05, 4.69) is 34.7 Å². The smallest absolute Gasteiger partial charge is 0.377 e. The first-order valence-electron chi connectivity index (χ1n) is 5.57. The van der Waals surface area contributed by atoms with Crippen LogP contribution >= 0.6 is 34.2 Å². The summed E-state index contributed by atoms with van der Waals surface area (Å²) in [7, 11) is 2.20. The lowest BCUT2D eigenvalue weighted by Crippen LogP contribution is -2.45. The van der Waals surface area contributed by atoms with E-state index >= 15 is 0 Å². The number of alkyl halides is 2. The van der Waals surface area contributed by atoms with Crippen molar-refractivity contribution in [2.75, 3.05) is 21.3 Å². The Kier molecular flexibility index (Phi) is 7.11. The maximum absolute atomic E-state index is 6.47. The highest BCUT2D eigenvalue weighted by Crippen LogP contribution is 2.35. The van der Waals surface area contributed by atoms with E-state index in [1.165, 1.54) is 5.56 Å². The molecule has 0 radical (unpaired) electrons. The second kappa shape index (κ2) is 7.81. The summed E-state index contributed by atoms with van der Waals surface area (Å²) < 4.78 is 16.4. The molecule has 1 rings (SSSR count). The molecule has 18 heavy (non-hydrogen) atoms. The van der Waals surface area contributed by atoms with Gasteiger partial charge in [-0.2, -0.15) is 0 Å². The van der Waals surface area contributed by atoms with Crippen LogP contribution in [0.1, 0.15) is 9.49 Å². The van der Waals surface area contributed by atoms with Crippen molar-refractivity contribution in [3.05, 3.63) is 35.9 Å². The van der Waals surface area contributed by atoms with Gasteiger partial charge in [-0.1, -0.05) is 52.9 Å². The average molecular weight is 401 g/mol. The highest BCUT2D eigenvalue weighted by atomic mass is 127. The molecule has 102 valence electrons. The summed E-state index contributed by atoms with van der Waals surface area (Å²) in [6.45, 7) is 0. The van der Waals surface area contributed by atoms with Gasteiger partial charge in [0, 0.05) is 27.4 Å². The van der Waals surface area contributed by atoms with E-state index in [9.17, 15) is 0 Å². The molecule has 3 nitrogen and oxygen atoms in total. The summed E-state index contributed by atoms with van der Waals surface area (Å²) in [6, 6.07) is 10.7. The fourth-order valence-corrected chi connectivity index (χ4v) is 5.26. The average Bonchev–Trinajstić information content (AvgIpc) is 2.45. The Morgan fingerprint density at radius 3 is 2.06 bits per heavy atom. The van der Waals surface area contributed by atoms with Gasteiger partial charge in [0.1, 0.15) is 0 Å². The van der Waals surface area contributed by atoms with Crippen LogP contribution in [-0.2, 0) is 13.3 Å². The summed E-state index contributed by atoms with van der Waals surface area (Å²) >= 11 is 8.82. The third kappa shape index (κ3) is 4.18. The quantitative estimate of drug-likeness (QED) is 0.397. The van der Waals surface area contributed by atoms with Gasteiger partial charge < -0.3 is 13.3 Å². The monoisotopic (exact) mass is 400 g/mol. The van der Waals surface area contributed by atoms with Crippen molar-refractivity contribution >= 4 is 43.0 Å². The van der Waals surface area contributed by atoms with Crippen LogP contribution in [-0.4, -0.2) is 35.5 Å². The summed E-state index contributed by atoms with van der Waals surface area (Å²) in [6.07, 6.45) is 0. The minimum absolute atomic E-state index is 0.0977. The van der Waals surface area contributed by atoms with Crippen molar-refractivity contribution in [1.82, 2.24) is 0 Å². The molecule has 0 fully saturated rings. The van der Waals surface area contributed by atoms with Crippen LogP contribution < -0.4 is 0 Å². The summed E-state index contributed by atoms with van der Waals surface area (Å²) in [5.74, 6) is 0. The predicted molar refractivity (Wildman–Crippen MR) is 84.4 cm³/mol. The van der Waals surface area contributed by atoms with Crippen LogP contribution in [0.3, 0.4) is 0 Å². The lowest BCUT2D eigenvalue weighted by atomic mass is 10.1. The van der Waals surface area contributed by atoms with Crippen molar-refractivity contribution in [2.24, 2.45) is 0 Å². The molecule has 0 heterocycles. The van der Waals surface area contributed by atoms with Crippen LogP contribution in [0.4, 0.5) is 0 Å². The van der Waals surface area contributed by atoms with Gasteiger partial charge in [0.25, 0.3) is 0 Å². The molecule has 6 heteroatoms. The SMILES string of the molecule is CO[Si](CC(Cl)C(I)c1ccccc1)(OC)OC. The van der Waals surface area contributed by atoms with Gasteiger partial charge in [0.05, 0.1) is 9.30 Å². The van der Waals surface area contributed by atoms with E-state index in [1.54, 1.807) is 21.3 Å². The minimum atomic E-state index is -2.61. The highest BCUT2D eigenvalue weighted by Gasteiger charge is 2.41. The molecular weight excluding hydrogens is 383 g/mol. The molecule has 0 N–H and O–H groups in total. The van der Waals surface area contributed by atoms with Crippen molar-refractivity contribution in [2.45, 2.75) is 15.3 Å². The van der Waals surface area contributed by atoms with E-state index in [0.29, 0.717) is 6.04 Å². The lowest BCUT2D eigenvalue weighted by molar-refractivity contribution is 0.123. The Bertz CT molecular complexity index is 340. The van der Waals surface area contributed by atoms with Crippen LogP contribution in [0.2, 0.25) is 6.04 Å². The molecule has 0 saturated heterocycles. The third-order valence-electron chi connectivity index (χ3n) is 2.81. The maximum atomic E-state index is 6.47. The zero-order valence-electron chi connectivity index (χ0n) is 10.7. The van der Waals surface area contributed by atoms with E-state index in [1.807, 2.05) is 18.2 Å². The standard InChI is InChI=1S/C12H18ClIO3Si/c1-15-18(16-2,17-3)9-11(13)12(14)10-7-5-4-6-8-10/h4-8,11-12H,9H2,1-3H3. The number of benzene rings is 1. The Balaban J connectivity index is 2.73. The topological polar surface area (TPSA) is 27.7 Å². The molecule has 0 aromatic heterocycles. The van der Waals surface area contributed by atoms with Gasteiger partial charge in [-0.3, -0.25) is 0 Å². The molecule has 0 spiro atoms. The first kappa shape index (κ1) is 16.4. The van der Waals surface area contributed by atoms with Gasteiger partial charge in [-0.05, 0) is 5.56 Å². The first-order chi connectivity index (χ1) is 8.58. The highest BCUT2D eigenvalue weighted by molar-refractivity contribution is 14.1. The number of hydrogen-bond donors (Lipinski definition) is 0. The molecule has 0 aliphatic heterocycles. The van der Waals surface area contributed by atoms with Gasteiger partial charge in [0.15, 0.2) is 0 Å². The Hall–Kier alpha value is 0.337. The second-order valence-corrected chi connectivity index (χ2v) is 8.73. The Morgan fingerprint density at radius 1 is 1.11 bits per heavy atom. The molecule has 0 bridgehead atoms. The van der Waals surface area contributed by atoms with Crippen LogP contribution in [0.25, 0.3) is 0 Å². The molecule has 2 atom stereocenters. The fraction of sp³-hybridized carbons (Fsp3) is 0.500. The number of hydrogen-bond acceptors (Lipinski definition) is 3. The van der Waals surface area contributed by atoms with Crippen molar-refractivity contribution in [3.8, 4) is 0 Å². The molecule has 0 aliphatic rings. The normalized spacial score (nSPS) is 15.4. The number of halogens is 2. The van der Waals surface area contributed by atoms with E-state index in [0.717, 1.165) is 0 Å². The zero-order valence-corrected chi connectivity index (χ0v) is 14.6. The molecule has 1 aromatic carbocycles. The van der Waals surface area contributed by atoms with Crippen LogP contribution in [0, 0.1) is 0 Å². The molecule has 1 aromatic rings. The van der Waals surface area contributed by atoms with Gasteiger partial charge in [-0.15, -0.1) is 11.6 Å². The summed E-state index contributed by atoms with van der Waals surface area (Å²) in [4.78, 5) is 0. The van der Waals surface area contributed by atoms with Gasteiger partial charge >= 0.3 is 8.80 Å². The van der Waals surface area contributed by atoms with E-state index < -0.39 is 8.80 Å². The maximum Gasteiger partial charge on any atom is 0.501 e. The summed E-state index contributed by atoms with van der Waals surface area (Å²) in [5, 5.41) is -0.0977. The van der Waals surface area contributed by atoms with Crippen molar-refractivity contribution < 1.29 is 13.3 Å². The fourth-order valence-electron chi connectivity index (χ4n) is 1.69. The van der Waals surface area contributed by atoms with Crippen LogP contribution in [0.15, 0.2) is 30.3 Å². The van der Waals surface area contributed by atoms with E-state index in [4.69, 9.17) is 24.9 Å². The molecule has 0 saturated carbocycles. The molecular formula is C12H18ClIO3Si. The van der Waals surface area contributed by atoms with Gasteiger partial charge in [-0.25, -0.2) is 0 Å². The second-order valence-electron chi connectivity index (χ2n) is 3.83. The zero-order chi connectivity index (χ0) is 13.6. The summed E-state index contributed by atoms with van der Waals surface area (Å²) in [5.41, 5.74) is 1.20. The number of rotatable bonds is 7. The third-order valence-corrected chi connectivity index (χ3v) is 8.30. The van der Waals surface area contributed by atoms with Crippen molar-refractivity contribution in [3.63, 3.8) is 0 Å². The van der Waals surface area contributed by atoms with Crippen LogP contribution in [0.5, 0.6) is 0 Å². The van der Waals surface area contributed by atoms with Crippen molar-refractivity contribution in [1.29, 1.82) is 0 Å². The first-order valence-corrected chi connectivity index (χ1v) is 9.18. The predicted octanol–water partition coefficient (Wildman–Crippen LogP) is 3.65. The Labute approximate surface area is 128 Å². The minimum Gasteiger partial charge on any atom is -0.377 e. The van der Waals surface area contributed by atoms with Gasteiger partial charge in [0.2, 0.25) is 0 Å². The Morgan fingerprint density at radius 2 is 1.61 bits per heavy atom. The lowest BCUT2D eigenvalue weighted by Gasteiger charge is -2.28. The molecule has 0 aliphatic carbocycles. The van der Waals surface area contributed by atoms with E-state index in [-0.39, 0.29) is 9.30 Å². The molecule has 0 amide bonds. The largest absolute Gasteiger partial charge is 0.501 e. The molecule has 2 unspecified atom stereocenters.